The van der Waals surface area contributed by atoms with Gasteiger partial charge in [0, 0.05) is 25.8 Å². The summed E-state index contributed by atoms with van der Waals surface area (Å²) < 4.78 is 5.22. The Hall–Kier alpha value is -2.56. The highest BCUT2D eigenvalue weighted by atomic mass is 16.5. The molecule has 0 aliphatic heterocycles. The number of carbonyl (C=O) groups is 1. The van der Waals surface area contributed by atoms with Crippen molar-refractivity contribution in [2.45, 2.75) is 33.1 Å². The predicted octanol–water partition coefficient (Wildman–Crippen LogP) is 3.69. The number of nitrogens with zero attached hydrogens (tertiary/aromatic N) is 2. The van der Waals surface area contributed by atoms with Gasteiger partial charge >= 0.3 is 0 Å². The van der Waals surface area contributed by atoms with Gasteiger partial charge in [0.25, 0.3) is 5.91 Å². The largest absolute Gasteiger partial charge is 0.497 e. The van der Waals surface area contributed by atoms with Crippen LogP contribution in [0.3, 0.4) is 0 Å². The van der Waals surface area contributed by atoms with Crippen molar-refractivity contribution in [3.63, 3.8) is 0 Å². The maximum atomic E-state index is 12.3. The molecule has 0 unspecified atom stereocenters. The third kappa shape index (κ3) is 5.76. The van der Waals surface area contributed by atoms with Crippen molar-refractivity contribution in [1.82, 2.24) is 10.3 Å². The SMILES string of the molecule is CCCN(CCC)c1ccc(C(=O)NCCc2cccc(OC)c2)cn1. The third-order valence-corrected chi connectivity index (χ3v) is 4.15. The maximum Gasteiger partial charge on any atom is 0.252 e. The van der Waals surface area contributed by atoms with Gasteiger partial charge in [0.1, 0.15) is 11.6 Å². The molecule has 26 heavy (non-hydrogen) atoms. The number of ether oxygens (including phenoxy) is 1. The molecule has 0 aliphatic carbocycles. The molecule has 1 aromatic heterocycles. The molecule has 0 bridgehead atoms. The monoisotopic (exact) mass is 355 g/mol. The lowest BCUT2D eigenvalue weighted by molar-refractivity contribution is 0.0954. The van der Waals surface area contributed by atoms with E-state index in [0.29, 0.717) is 12.1 Å². The normalized spacial score (nSPS) is 10.4. The zero-order valence-corrected chi connectivity index (χ0v) is 16.0. The second-order valence-corrected chi connectivity index (χ2v) is 6.25. The molecule has 1 aromatic carbocycles. The lowest BCUT2D eigenvalue weighted by Crippen LogP contribution is -2.27. The number of amides is 1. The lowest BCUT2D eigenvalue weighted by atomic mass is 10.1. The summed E-state index contributed by atoms with van der Waals surface area (Å²) in [5.41, 5.74) is 1.72. The van der Waals surface area contributed by atoms with Crippen LogP contribution >= 0.6 is 0 Å². The number of hydrogen-bond acceptors (Lipinski definition) is 4. The minimum Gasteiger partial charge on any atom is -0.497 e. The van der Waals surface area contributed by atoms with Crippen LogP contribution in [0.15, 0.2) is 42.6 Å². The Morgan fingerprint density at radius 1 is 1.15 bits per heavy atom. The van der Waals surface area contributed by atoms with Gasteiger partial charge in [-0.25, -0.2) is 4.98 Å². The highest BCUT2D eigenvalue weighted by Gasteiger charge is 2.09. The van der Waals surface area contributed by atoms with Crippen molar-refractivity contribution in [1.29, 1.82) is 0 Å². The summed E-state index contributed by atoms with van der Waals surface area (Å²) in [6.07, 6.45) is 4.58. The molecule has 0 radical (unpaired) electrons. The number of anilines is 1. The fraction of sp³-hybridized carbons (Fsp3) is 0.429. The molecule has 1 heterocycles. The van der Waals surface area contributed by atoms with Gasteiger partial charge in [-0.1, -0.05) is 26.0 Å². The van der Waals surface area contributed by atoms with Crippen LogP contribution in [0.4, 0.5) is 5.82 Å². The maximum absolute atomic E-state index is 12.3. The zero-order chi connectivity index (χ0) is 18.8. The van der Waals surface area contributed by atoms with E-state index in [1.54, 1.807) is 13.3 Å². The van der Waals surface area contributed by atoms with Gasteiger partial charge in [-0.05, 0) is 49.1 Å². The highest BCUT2D eigenvalue weighted by Crippen LogP contribution is 2.14. The van der Waals surface area contributed by atoms with E-state index < -0.39 is 0 Å². The van der Waals surface area contributed by atoms with Crippen LogP contribution in [-0.2, 0) is 6.42 Å². The Bertz CT molecular complexity index is 680. The minimum atomic E-state index is -0.0931. The Morgan fingerprint density at radius 2 is 1.92 bits per heavy atom. The average Bonchev–Trinajstić information content (AvgIpc) is 2.68. The Kier molecular flexibility index (Phi) is 7.93. The molecule has 2 aromatic rings. The number of rotatable bonds is 10. The molecule has 0 spiro atoms. The summed E-state index contributed by atoms with van der Waals surface area (Å²) in [5, 5.41) is 2.95. The van der Waals surface area contributed by atoms with Gasteiger partial charge in [-0.15, -0.1) is 0 Å². The Labute approximate surface area is 156 Å². The van der Waals surface area contributed by atoms with Gasteiger partial charge in [-0.2, -0.15) is 0 Å². The van der Waals surface area contributed by atoms with Crippen molar-refractivity contribution < 1.29 is 9.53 Å². The standard InChI is InChI=1S/C21H29N3O2/c1-4-13-24(14-5-2)20-10-9-18(16-23-20)21(25)22-12-11-17-7-6-8-19(15-17)26-3/h6-10,15-16H,4-5,11-14H2,1-3H3,(H,22,25). The Morgan fingerprint density at radius 3 is 2.54 bits per heavy atom. The third-order valence-electron chi connectivity index (χ3n) is 4.15. The van der Waals surface area contributed by atoms with Crippen LogP contribution in [-0.4, -0.2) is 37.6 Å². The van der Waals surface area contributed by atoms with E-state index in [1.807, 2.05) is 36.4 Å². The van der Waals surface area contributed by atoms with Gasteiger partial charge in [0.2, 0.25) is 0 Å². The smallest absolute Gasteiger partial charge is 0.252 e. The number of aromatic nitrogens is 1. The van der Waals surface area contributed by atoms with Gasteiger partial charge in [-0.3, -0.25) is 4.79 Å². The van der Waals surface area contributed by atoms with Crippen molar-refractivity contribution in [3.8, 4) is 5.75 Å². The molecule has 0 fully saturated rings. The molecule has 0 saturated heterocycles. The molecular formula is C21H29N3O2. The van der Waals surface area contributed by atoms with E-state index >= 15 is 0 Å². The summed E-state index contributed by atoms with van der Waals surface area (Å²) in [4.78, 5) is 19.0. The van der Waals surface area contributed by atoms with Crippen molar-refractivity contribution in [2.24, 2.45) is 0 Å². The van der Waals surface area contributed by atoms with Crippen molar-refractivity contribution >= 4 is 11.7 Å². The first-order valence-electron chi connectivity index (χ1n) is 9.30. The van der Waals surface area contributed by atoms with E-state index in [4.69, 9.17) is 4.74 Å². The highest BCUT2D eigenvalue weighted by molar-refractivity contribution is 5.94. The summed E-state index contributed by atoms with van der Waals surface area (Å²) in [6.45, 7) is 6.85. The number of hydrogen-bond donors (Lipinski definition) is 1. The molecule has 1 N–H and O–H groups in total. The molecule has 0 atom stereocenters. The van der Waals surface area contributed by atoms with Crippen molar-refractivity contribution in [3.05, 3.63) is 53.7 Å². The number of benzene rings is 1. The van der Waals surface area contributed by atoms with E-state index in [9.17, 15) is 4.79 Å². The summed E-state index contributed by atoms with van der Waals surface area (Å²) in [6, 6.07) is 11.7. The first kappa shape index (κ1) is 19.8. The van der Waals surface area contributed by atoms with Gasteiger partial charge in [0.05, 0.1) is 12.7 Å². The van der Waals surface area contributed by atoms with E-state index in [1.165, 1.54) is 0 Å². The first-order valence-corrected chi connectivity index (χ1v) is 9.30. The second kappa shape index (κ2) is 10.4. The molecular weight excluding hydrogens is 326 g/mol. The fourth-order valence-corrected chi connectivity index (χ4v) is 2.84. The van der Waals surface area contributed by atoms with Crippen LogP contribution in [0.5, 0.6) is 5.75 Å². The molecule has 0 saturated carbocycles. The van der Waals surface area contributed by atoms with Crippen LogP contribution < -0.4 is 15.0 Å². The average molecular weight is 355 g/mol. The fourth-order valence-electron chi connectivity index (χ4n) is 2.84. The number of pyridine rings is 1. The molecule has 140 valence electrons. The van der Waals surface area contributed by atoms with Crippen LogP contribution in [0.2, 0.25) is 0 Å². The summed E-state index contributed by atoms with van der Waals surface area (Å²) in [5.74, 6) is 1.67. The van der Waals surface area contributed by atoms with E-state index in [2.05, 4.69) is 29.0 Å². The molecule has 5 nitrogen and oxygen atoms in total. The molecule has 2 rings (SSSR count). The van der Waals surface area contributed by atoms with Crippen molar-refractivity contribution in [2.75, 3.05) is 31.6 Å². The van der Waals surface area contributed by atoms with Gasteiger partial charge in [0.15, 0.2) is 0 Å². The second-order valence-electron chi connectivity index (χ2n) is 6.25. The molecule has 1 amide bonds. The van der Waals surface area contributed by atoms with E-state index in [-0.39, 0.29) is 5.91 Å². The Balaban J connectivity index is 1.88. The number of carbonyl (C=O) groups excluding carboxylic acids is 1. The number of methoxy groups -OCH3 is 1. The van der Waals surface area contributed by atoms with Crippen LogP contribution in [0.1, 0.15) is 42.6 Å². The van der Waals surface area contributed by atoms with E-state index in [0.717, 1.165) is 49.5 Å². The zero-order valence-electron chi connectivity index (χ0n) is 16.0. The molecule has 0 aliphatic rings. The van der Waals surface area contributed by atoms with Gasteiger partial charge < -0.3 is 15.0 Å². The summed E-state index contributed by atoms with van der Waals surface area (Å²) in [7, 11) is 1.65. The minimum absolute atomic E-state index is 0.0931. The quantitative estimate of drug-likeness (QED) is 0.706. The topological polar surface area (TPSA) is 54.5 Å². The summed E-state index contributed by atoms with van der Waals surface area (Å²) >= 11 is 0. The molecule has 5 heteroatoms. The first-order chi connectivity index (χ1) is 12.7. The lowest BCUT2D eigenvalue weighted by Gasteiger charge is -2.22. The van der Waals surface area contributed by atoms with Crippen LogP contribution in [0, 0.1) is 0 Å². The number of nitrogens with one attached hydrogen (secondary N) is 1. The van der Waals surface area contributed by atoms with Crippen LogP contribution in [0.25, 0.3) is 0 Å². The predicted molar refractivity (Wildman–Crippen MR) is 106 cm³/mol.